The van der Waals surface area contributed by atoms with Crippen LogP contribution >= 0.6 is 19.6 Å². The van der Waals surface area contributed by atoms with Gasteiger partial charge in [0.05, 0.1) is 31.6 Å². The van der Waals surface area contributed by atoms with Crippen LogP contribution in [0, 0.1) is 5.41 Å². The maximum atomic E-state index is 13.1. The molecule has 1 spiro atoms. The number of hydrogen-bond donors (Lipinski definition) is 3. The van der Waals surface area contributed by atoms with E-state index in [1.165, 1.54) is 17.8 Å². The Labute approximate surface area is 210 Å². The van der Waals surface area contributed by atoms with Crippen LogP contribution in [0.2, 0.25) is 0 Å². The fourth-order valence-electron chi connectivity index (χ4n) is 4.45. The number of thioether (sulfide) groups is 1. The number of nitrogens with zero attached hydrogens (tertiary/aromatic N) is 4. The van der Waals surface area contributed by atoms with Gasteiger partial charge in [0.1, 0.15) is 17.8 Å². The molecule has 2 aromatic heterocycles. The largest absolute Gasteiger partial charge is 0.476 e. The van der Waals surface area contributed by atoms with Crippen LogP contribution in [0.3, 0.4) is 0 Å². The number of hydrogen-bond acceptors (Lipinski definition) is 14. The molecule has 5 rings (SSSR count). The molecule has 4 heterocycles. The number of phosphoric acid groups is 1. The van der Waals surface area contributed by atoms with E-state index in [9.17, 15) is 19.6 Å². The van der Waals surface area contributed by atoms with Gasteiger partial charge in [-0.05, 0) is 27.7 Å². The number of nitrogens with two attached hydrogens (primary N) is 1. The Hall–Kier alpha value is -1.84. The van der Waals surface area contributed by atoms with Gasteiger partial charge in [0.15, 0.2) is 28.1 Å². The van der Waals surface area contributed by atoms with E-state index < -0.39 is 42.9 Å². The first-order valence-corrected chi connectivity index (χ1v) is 13.8. The fourth-order valence-corrected chi connectivity index (χ4v) is 7.16. The molecule has 36 heavy (non-hydrogen) atoms. The molecule has 3 fully saturated rings. The SMILES string of the molecule is CCOc1nc(N)nc2c1ncn2C1OC2C3OP(=O)(OCCSC(=O)C(C)(C)CO)OC23C1(C)O. The standard InChI is InChI=1S/C20H28N5O9PS/c1-5-30-14-10-13(23-17(21)24-14)25(9-22-10)15-19(4,28)20-11(32-15)12(20)33-35(29,34-20)31-6-7-36-16(27)18(2,3)8-26/h9,11-12,15,26,28H,5-8H2,1-4H3,(H2,21,23,24). The number of carbonyl (C=O) groups is 1. The van der Waals surface area contributed by atoms with Gasteiger partial charge < -0.3 is 25.4 Å². The first kappa shape index (κ1) is 25.8. The summed E-state index contributed by atoms with van der Waals surface area (Å²) in [5, 5.41) is 20.6. The molecule has 6 atom stereocenters. The summed E-state index contributed by atoms with van der Waals surface area (Å²) in [4.78, 5) is 24.7. The lowest BCUT2D eigenvalue weighted by atomic mass is 9.95. The smallest absolute Gasteiger partial charge is 0.476 e. The van der Waals surface area contributed by atoms with Gasteiger partial charge >= 0.3 is 7.82 Å². The molecule has 4 N–H and O–H groups in total. The third kappa shape index (κ3) is 3.76. The molecule has 0 radical (unpaired) electrons. The molecule has 14 nitrogen and oxygen atoms in total. The van der Waals surface area contributed by atoms with Crippen LogP contribution < -0.4 is 10.5 Å². The minimum Gasteiger partial charge on any atom is -0.476 e. The molecule has 2 aromatic rings. The van der Waals surface area contributed by atoms with Crippen molar-refractivity contribution >= 4 is 41.8 Å². The number of aromatic nitrogens is 4. The van der Waals surface area contributed by atoms with Crippen molar-refractivity contribution in [1.82, 2.24) is 19.5 Å². The monoisotopic (exact) mass is 545 g/mol. The van der Waals surface area contributed by atoms with Gasteiger partial charge in [-0.25, -0.2) is 9.55 Å². The highest BCUT2D eigenvalue weighted by Crippen LogP contribution is 2.77. The molecule has 0 aromatic carbocycles. The van der Waals surface area contributed by atoms with Gasteiger partial charge in [-0.1, -0.05) is 11.8 Å². The van der Waals surface area contributed by atoms with Crippen LogP contribution in [0.1, 0.15) is 33.9 Å². The van der Waals surface area contributed by atoms with Crippen LogP contribution in [-0.4, -0.2) is 83.8 Å². The number of carbonyl (C=O) groups excluding carboxylic acids is 1. The van der Waals surface area contributed by atoms with Crippen molar-refractivity contribution in [2.24, 2.45) is 5.41 Å². The van der Waals surface area contributed by atoms with Crippen LogP contribution in [-0.2, 0) is 27.7 Å². The van der Waals surface area contributed by atoms with E-state index in [4.69, 9.17) is 28.8 Å². The Morgan fingerprint density at radius 1 is 1.39 bits per heavy atom. The summed E-state index contributed by atoms with van der Waals surface area (Å²) in [5.74, 6) is 0.346. The van der Waals surface area contributed by atoms with Crippen molar-refractivity contribution in [3.05, 3.63) is 6.33 Å². The van der Waals surface area contributed by atoms with E-state index in [1.807, 2.05) is 0 Å². The minimum atomic E-state index is -4.02. The Kier molecular flexibility index (Phi) is 6.16. The zero-order valence-electron chi connectivity index (χ0n) is 20.1. The highest BCUT2D eigenvalue weighted by Gasteiger charge is 2.90. The third-order valence-electron chi connectivity index (χ3n) is 6.52. The molecular weight excluding hydrogens is 517 g/mol. The van der Waals surface area contributed by atoms with Gasteiger partial charge in [-0.15, -0.1) is 0 Å². The van der Waals surface area contributed by atoms with Gasteiger partial charge in [-0.2, -0.15) is 9.97 Å². The van der Waals surface area contributed by atoms with Crippen molar-refractivity contribution in [2.45, 2.75) is 57.3 Å². The van der Waals surface area contributed by atoms with Gasteiger partial charge in [0.25, 0.3) is 0 Å². The number of anilines is 1. The van der Waals surface area contributed by atoms with Crippen LogP contribution in [0.15, 0.2) is 6.33 Å². The zero-order valence-corrected chi connectivity index (χ0v) is 21.8. The summed E-state index contributed by atoms with van der Waals surface area (Å²) in [6.07, 6.45) is -1.10. The summed E-state index contributed by atoms with van der Waals surface area (Å²) in [6, 6.07) is 0. The average Bonchev–Trinajstić information content (AvgIpc) is 3.11. The highest BCUT2D eigenvalue weighted by molar-refractivity contribution is 8.13. The third-order valence-corrected chi connectivity index (χ3v) is 9.21. The predicted molar refractivity (Wildman–Crippen MR) is 126 cm³/mol. The molecule has 2 saturated heterocycles. The molecule has 198 valence electrons. The van der Waals surface area contributed by atoms with Crippen LogP contribution in [0.25, 0.3) is 11.2 Å². The predicted octanol–water partition coefficient (Wildman–Crippen LogP) is 1.03. The number of fused-ring (bicyclic) bond motifs is 2. The normalized spacial score (nSPS) is 35.1. The second-order valence-corrected chi connectivity index (χ2v) is 12.2. The Morgan fingerprint density at radius 3 is 2.83 bits per heavy atom. The molecule has 2 aliphatic heterocycles. The number of imidazole rings is 1. The molecule has 0 bridgehead atoms. The fraction of sp³-hybridized carbons (Fsp3) is 0.700. The lowest BCUT2D eigenvalue weighted by Crippen LogP contribution is -2.47. The van der Waals surface area contributed by atoms with Crippen molar-refractivity contribution in [2.75, 3.05) is 31.3 Å². The van der Waals surface area contributed by atoms with E-state index in [2.05, 4.69) is 15.0 Å². The summed E-state index contributed by atoms with van der Waals surface area (Å²) in [7, 11) is -4.02. The molecular formula is C20H28N5O9PS. The van der Waals surface area contributed by atoms with Crippen LogP contribution in [0.5, 0.6) is 5.88 Å². The Bertz CT molecular complexity index is 1260. The molecule has 1 aliphatic carbocycles. The summed E-state index contributed by atoms with van der Waals surface area (Å²) in [6.45, 7) is 6.49. The van der Waals surface area contributed by atoms with Gasteiger partial charge in [0.2, 0.25) is 11.8 Å². The average molecular weight is 546 g/mol. The van der Waals surface area contributed by atoms with Crippen molar-refractivity contribution in [1.29, 1.82) is 0 Å². The van der Waals surface area contributed by atoms with Gasteiger partial charge in [0, 0.05) is 5.75 Å². The molecule has 1 saturated carbocycles. The first-order valence-electron chi connectivity index (χ1n) is 11.3. The first-order chi connectivity index (χ1) is 16.9. The maximum Gasteiger partial charge on any atom is 0.476 e. The Balaban J connectivity index is 1.30. The second-order valence-electron chi connectivity index (χ2n) is 9.57. The van der Waals surface area contributed by atoms with Crippen molar-refractivity contribution < 1.29 is 42.6 Å². The van der Waals surface area contributed by atoms with E-state index in [1.54, 1.807) is 20.8 Å². The number of aliphatic hydroxyl groups is 2. The lowest BCUT2D eigenvalue weighted by molar-refractivity contribution is -0.134. The molecule has 16 heteroatoms. The van der Waals surface area contributed by atoms with Gasteiger partial charge in [-0.3, -0.25) is 22.9 Å². The zero-order chi connectivity index (χ0) is 26.1. The van der Waals surface area contributed by atoms with Crippen molar-refractivity contribution in [3.63, 3.8) is 0 Å². The molecule has 6 unspecified atom stereocenters. The summed E-state index contributed by atoms with van der Waals surface area (Å²) < 4.78 is 42.8. The number of ether oxygens (including phenoxy) is 2. The van der Waals surface area contributed by atoms with E-state index in [0.29, 0.717) is 12.1 Å². The molecule has 0 amide bonds. The number of nitrogen functional groups attached to an aromatic ring is 1. The molecule has 3 aliphatic rings. The minimum absolute atomic E-state index is 0.0383. The van der Waals surface area contributed by atoms with E-state index in [0.717, 1.165) is 11.8 Å². The van der Waals surface area contributed by atoms with Crippen molar-refractivity contribution in [3.8, 4) is 5.88 Å². The Morgan fingerprint density at radius 2 is 2.14 bits per heavy atom. The lowest BCUT2D eigenvalue weighted by Gasteiger charge is -2.32. The maximum absolute atomic E-state index is 13.1. The number of phosphoric ester groups is 1. The van der Waals surface area contributed by atoms with E-state index >= 15 is 0 Å². The number of aliphatic hydroxyl groups excluding tert-OH is 1. The second kappa shape index (κ2) is 8.60. The summed E-state index contributed by atoms with van der Waals surface area (Å²) in [5.41, 5.74) is 2.43. The van der Waals surface area contributed by atoms with E-state index in [-0.39, 0.29) is 41.6 Å². The number of rotatable bonds is 9. The topological polar surface area (TPSA) is 190 Å². The van der Waals surface area contributed by atoms with Crippen LogP contribution in [0.4, 0.5) is 5.95 Å². The quantitative estimate of drug-likeness (QED) is 0.299. The summed E-state index contributed by atoms with van der Waals surface area (Å²) >= 11 is 0.952. The highest BCUT2D eigenvalue weighted by atomic mass is 32.2.